The van der Waals surface area contributed by atoms with E-state index in [4.69, 9.17) is 9.47 Å². The molecule has 5 nitrogen and oxygen atoms in total. The number of nitrogens with zero attached hydrogens (tertiary/aromatic N) is 1. The number of likely N-dealkylation sites (N-methyl/N-ethyl adjacent to an activating group) is 1. The number of aryl methyl sites for hydroxylation is 1. The number of ether oxygens (including phenoxy) is 2. The number of hydrogen-bond acceptors (Lipinski definition) is 5. The Hall–Kier alpha value is -2.86. The van der Waals surface area contributed by atoms with Crippen LogP contribution in [0.1, 0.15) is 12.0 Å². The van der Waals surface area contributed by atoms with E-state index in [1.165, 1.54) is 5.56 Å². The minimum atomic E-state index is -0.557. The maximum Gasteiger partial charge on any atom is 0.161 e. The minimum Gasteiger partial charge on any atom is -0.493 e. The van der Waals surface area contributed by atoms with Crippen molar-refractivity contribution in [2.75, 3.05) is 46.9 Å². The van der Waals surface area contributed by atoms with E-state index in [1.807, 2.05) is 54.6 Å². The summed E-state index contributed by atoms with van der Waals surface area (Å²) in [5.74, 6) is 1.33. The highest BCUT2D eigenvalue weighted by Crippen LogP contribution is 2.25. The fourth-order valence-electron chi connectivity index (χ4n) is 3.17. The molecule has 177 valence electrons. The summed E-state index contributed by atoms with van der Waals surface area (Å²) in [5, 5.41) is 13.4. The van der Waals surface area contributed by atoms with Gasteiger partial charge in [-0.2, -0.15) is 0 Å². The summed E-state index contributed by atoms with van der Waals surface area (Å²) in [6.45, 7) is 3.60. The van der Waals surface area contributed by atoms with Crippen molar-refractivity contribution in [3.8, 4) is 11.5 Å². The van der Waals surface area contributed by atoms with E-state index in [1.54, 1.807) is 7.11 Å². The van der Waals surface area contributed by atoms with Gasteiger partial charge >= 0.3 is 0 Å². The minimum absolute atomic E-state index is 0.236. The summed E-state index contributed by atoms with van der Waals surface area (Å²) in [6.07, 6.45) is 1.70. The lowest BCUT2D eigenvalue weighted by Crippen LogP contribution is -2.36. The largest absolute Gasteiger partial charge is 0.493 e. The molecule has 0 heterocycles. The number of benzene rings is 3. The molecule has 3 aromatic carbocycles. The normalized spacial score (nSPS) is 11.4. The first-order chi connectivity index (χ1) is 16.2. The zero-order chi connectivity index (χ0) is 23.6. The second kappa shape index (κ2) is 16.7. The predicted molar refractivity (Wildman–Crippen MR) is 135 cm³/mol. The summed E-state index contributed by atoms with van der Waals surface area (Å²) in [4.78, 5) is 2.31. The molecule has 0 aliphatic rings. The van der Waals surface area contributed by atoms with Gasteiger partial charge in [0.1, 0.15) is 12.7 Å². The van der Waals surface area contributed by atoms with Gasteiger partial charge in [-0.1, -0.05) is 72.8 Å². The quantitative estimate of drug-likeness (QED) is 0.385. The Labute approximate surface area is 199 Å². The average Bonchev–Trinajstić information content (AvgIpc) is 2.87. The van der Waals surface area contributed by atoms with Crippen LogP contribution in [0.3, 0.4) is 0 Å². The third-order valence-electron chi connectivity index (χ3n) is 5.01. The number of methoxy groups -OCH3 is 1. The summed E-state index contributed by atoms with van der Waals surface area (Å²) in [5.41, 5.74) is 1.39. The van der Waals surface area contributed by atoms with E-state index in [9.17, 15) is 5.11 Å². The van der Waals surface area contributed by atoms with Gasteiger partial charge in [0.15, 0.2) is 11.5 Å². The van der Waals surface area contributed by atoms with E-state index >= 15 is 0 Å². The van der Waals surface area contributed by atoms with E-state index in [2.05, 4.69) is 53.7 Å². The fourth-order valence-corrected chi connectivity index (χ4v) is 3.17. The van der Waals surface area contributed by atoms with Gasteiger partial charge in [0, 0.05) is 19.6 Å². The number of nitrogens with one attached hydrogen (secondary N) is 1. The summed E-state index contributed by atoms with van der Waals surface area (Å²) in [7, 11) is 3.74. The van der Waals surface area contributed by atoms with Crippen LogP contribution in [-0.2, 0) is 6.42 Å². The Kier molecular flexibility index (Phi) is 13.4. The van der Waals surface area contributed by atoms with Gasteiger partial charge in [-0.3, -0.25) is 0 Å². The topological polar surface area (TPSA) is 54.0 Å². The lowest BCUT2D eigenvalue weighted by Gasteiger charge is -2.18. The number of aliphatic hydroxyl groups excluding tert-OH is 1. The molecule has 2 N–H and O–H groups in total. The van der Waals surface area contributed by atoms with E-state index in [0.717, 1.165) is 32.5 Å². The number of aliphatic hydroxyl groups is 1. The van der Waals surface area contributed by atoms with Gasteiger partial charge in [0.05, 0.1) is 7.11 Å². The molecule has 3 rings (SSSR count). The Morgan fingerprint density at radius 2 is 1.58 bits per heavy atom. The van der Waals surface area contributed by atoms with Crippen molar-refractivity contribution in [1.82, 2.24) is 10.2 Å². The average molecular weight is 450 g/mol. The molecular formula is C28H37N2O3. The first kappa shape index (κ1) is 26.4. The molecule has 0 aliphatic heterocycles. The molecule has 0 bridgehead atoms. The van der Waals surface area contributed by atoms with Crippen LogP contribution in [0.4, 0.5) is 0 Å². The van der Waals surface area contributed by atoms with Crippen molar-refractivity contribution in [2.45, 2.75) is 18.9 Å². The Balaban J connectivity index is 0.000000554. The molecule has 0 spiro atoms. The lowest BCUT2D eigenvalue weighted by atomic mass is 10.1. The van der Waals surface area contributed by atoms with Crippen LogP contribution in [0, 0.1) is 6.07 Å². The van der Waals surface area contributed by atoms with Crippen LogP contribution in [0.5, 0.6) is 11.5 Å². The Morgan fingerprint density at radius 3 is 2.21 bits per heavy atom. The van der Waals surface area contributed by atoms with Gasteiger partial charge in [-0.05, 0) is 50.2 Å². The first-order valence-electron chi connectivity index (χ1n) is 11.5. The van der Waals surface area contributed by atoms with Crippen molar-refractivity contribution in [2.24, 2.45) is 0 Å². The molecule has 3 aromatic rings. The molecule has 33 heavy (non-hydrogen) atoms. The van der Waals surface area contributed by atoms with Crippen LogP contribution < -0.4 is 14.8 Å². The maximum absolute atomic E-state index is 10.1. The van der Waals surface area contributed by atoms with Gasteiger partial charge in [-0.25, -0.2) is 0 Å². The molecule has 0 saturated carbocycles. The van der Waals surface area contributed by atoms with Crippen molar-refractivity contribution in [3.05, 3.63) is 96.6 Å². The van der Waals surface area contributed by atoms with Gasteiger partial charge < -0.3 is 24.8 Å². The van der Waals surface area contributed by atoms with E-state index < -0.39 is 6.10 Å². The van der Waals surface area contributed by atoms with Crippen LogP contribution >= 0.6 is 0 Å². The van der Waals surface area contributed by atoms with Crippen molar-refractivity contribution in [3.63, 3.8) is 0 Å². The standard InChI is InChI=1S/C22H32N2O3.C6H5/c1-24(15-8-11-19-9-4-3-5-10-19)16-14-23-17-20(25)18-27-22-13-7-6-12-21(22)26-2;1-2-4-6-5-3-1/h3-7,9-10,12-13,20,23,25H,8,11,14-18H2,1-2H3;1-5H. The predicted octanol–water partition coefficient (Wildman–Crippen LogP) is 4.08. The first-order valence-corrected chi connectivity index (χ1v) is 11.5. The molecule has 1 unspecified atom stereocenters. The summed E-state index contributed by atoms with van der Waals surface area (Å²) < 4.78 is 10.9. The molecule has 5 heteroatoms. The summed E-state index contributed by atoms with van der Waals surface area (Å²) in [6, 6.07) is 30.5. The third kappa shape index (κ3) is 12.1. The summed E-state index contributed by atoms with van der Waals surface area (Å²) >= 11 is 0. The molecule has 0 aromatic heterocycles. The highest BCUT2D eigenvalue weighted by molar-refractivity contribution is 5.39. The number of para-hydroxylation sites is 2. The highest BCUT2D eigenvalue weighted by atomic mass is 16.5. The van der Waals surface area contributed by atoms with Gasteiger partial charge in [-0.15, -0.1) is 0 Å². The van der Waals surface area contributed by atoms with Gasteiger partial charge in [0.2, 0.25) is 0 Å². The van der Waals surface area contributed by atoms with E-state index in [0.29, 0.717) is 18.0 Å². The van der Waals surface area contributed by atoms with Crippen LogP contribution in [0.15, 0.2) is 84.9 Å². The highest BCUT2D eigenvalue weighted by Gasteiger charge is 2.08. The monoisotopic (exact) mass is 449 g/mol. The van der Waals surface area contributed by atoms with Crippen molar-refractivity contribution < 1.29 is 14.6 Å². The maximum atomic E-state index is 10.1. The lowest BCUT2D eigenvalue weighted by molar-refractivity contribution is 0.104. The van der Waals surface area contributed by atoms with Crippen molar-refractivity contribution >= 4 is 0 Å². The van der Waals surface area contributed by atoms with E-state index in [-0.39, 0.29) is 6.61 Å². The Bertz CT molecular complexity index is 819. The number of hydrogen-bond donors (Lipinski definition) is 2. The second-order valence-electron chi connectivity index (χ2n) is 7.79. The number of rotatable bonds is 13. The molecular weight excluding hydrogens is 412 g/mol. The zero-order valence-electron chi connectivity index (χ0n) is 19.8. The van der Waals surface area contributed by atoms with Crippen molar-refractivity contribution in [1.29, 1.82) is 0 Å². The zero-order valence-corrected chi connectivity index (χ0v) is 19.8. The molecule has 1 radical (unpaired) electrons. The van der Waals surface area contributed by atoms with Crippen LogP contribution in [0.2, 0.25) is 0 Å². The molecule has 1 atom stereocenters. The molecule has 0 aliphatic carbocycles. The molecule has 0 amide bonds. The second-order valence-corrected chi connectivity index (χ2v) is 7.79. The third-order valence-corrected chi connectivity index (χ3v) is 5.01. The van der Waals surface area contributed by atoms with Crippen LogP contribution in [0.25, 0.3) is 0 Å². The van der Waals surface area contributed by atoms with Crippen LogP contribution in [-0.4, -0.2) is 63.1 Å². The molecule has 0 fully saturated rings. The smallest absolute Gasteiger partial charge is 0.161 e. The van der Waals surface area contributed by atoms with Gasteiger partial charge in [0.25, 0.3) is 0 Å². The SMILES string of the molecule is COc1ccccc1OCC(O)CNCCN(C)CCCc1ccccc1.[c]1ccccc1. The molecule has 0 saturated heterocycles. The Morgan fingerprint density at radius 1 is 0.909 bits per heavy atom. The fraction of sp³-hybridized carbons (Fsp3) is 0.357.